The van der Waals surface area contributed by atoms with Gasteiger partial charge in [0.2, 0.25) is 46.1 Å². The molecule has 1 atom stereocenters. The Morgan fingerprint density at radius 3 is 1.54 bits per heavy atom. The lowest BCUT2D eigenvalue weighted by Crippen LogP contribution is -2.21. The first-order chi connectivity index (χ1) is 50.7. The van der Waals surface area contributed by atoms with Crippen molar-refractivity contribution < 1.29 is 60.1 Å². The number of benzene rings is 5. The van der Waals surface area contributed by atoms with Gasteiger partial charge in [-0.3, -0.25) is 24.9 Å². The van der Waals surface area contributed by atoms with Gasteiger partial charge in [-0.1, -0.05) is 120 Å². The van der Waals surface area contributed by atoms with Crippen LogP contribution in [0.3, 0.4) is 0 Å². The van der Waals surface area contributed by atoms with Gasteiger partial charge in [-0.15, -0.1) is 28.4 Å². The zero-order chi connectivity index (χ0) is 76.5. The van der Waals surface area contributed by atoms with E-state index in [1.54, 1.807) is 177 Å². The summed E-state index contributed by atoms with van der Waals surface area (Å²) < 4.78 is 91.6. The zero-order valence-corrected chi connectivity index (χ0v) is 59.7. The molecule has 6 heterocycles. The van der Waals surface area contributed by atoms with Crippen LogP contribution in [0, 0.1) is 29.1 Å². The number of halogens is 7. The average molecular weight is 1510 g/mol. The maximum atomic E-state index is 13.9. The van der Waals surface area contributed by atoms with Gasteiger partial charge in [-0.05, 0) is 65.0 Å². The van der Waals surface area contributed by atoms with E-state index in [0.717, 1.165) is 17.1 Å². The molecule has 5 aromatic carbocycles. The molecule has 11 aromatic rings. The van der Waals surface area contributed by atoms with Gasteiger partial charge in [-0.25, -0.2) is 60.7 Å². The molecule has 0 amide bonds. The molecule has 0 radical (unpaired) electrons. The summed E-state index contributed by atoms with van der Waals surface area (Å²) in [7, 11) is 0. The third kappa shape index (κ3) is 28.6. The van der Waals surface area contributed by atoms with Gasteiger partial charge in [-0.2, -0.15) is 25.2 Å². The number of aromatic amines is 1. The number of imidazole rings is 3. The van der Waals surface area contributed by atoms with Crippen LogP contribution >= 0.6 is 35.0 Å². The molecule has 0 aliphatic carbocycles. The monoisotopic (exact) mass is 1510 g/mol. The Hall–Kier alpha value is -11.7. The standard InChI is InChI=1S/C14H12FN9.C14H13FN4O2.C11H12ClFN2O2.C11H13FN2O2.C7H9FN2.C6H8N2S.C5H9ClO2/c15-9-4-2-1-3-8(9)7-24-14-18-5-6-23(14)11(22-24)10-19-12(16)21-13(17)20-10;1-2-21-13(20)12-17-19(14-16-7-8-18(12)14)9-10-5-3-4-6-11(10)15;1-2-17-11(16)10(12)15-14-7-8-5-3-4-6-9(8)13;1-2-16-11(15)8-14-13-7-9-5-3-4-6-10(9)12;8-7-4-2-1-3-6(7)5-10-9;1-2-5-9-6-7-3-4-8-6;1-3-8-5(7)4(2)6/h1-6H,7H2,(H4,16,17,19,20,21);3-8H,2,9H2,1H3;3-6,14H,2,7H2,1H3;3-6,8,13H,2,7H2,1H3;1-4,10H,5,9H2;2-4H,1,5H2,(H,7,8);4H,3H2,1-2H3/b;;15-10-;14-8+;;;. The Balaban J connectivity index is 0.000000227. The van der Waals surface area contributed by atoms with Crippen molar-refractivity contribution in [2.45, 2.75) is 77.9 Å². The Labute approximate surface area is 613 Å². The topological polar surface area (TPSA) is 382 Å². The number of hydrogen-bond acceptors (Lipinski definition) is 25. The minimum absolute atomic E-state index is 0.00517. The van der Waals surface area contributed by atoms with Crippen molar-refractivity contribution in [3.05, 3.63) is 234 Å². The van der Waals surface area contributed by atoms with Crippen molar-refractivity contribution in [1.29, 1.82) is 0 Å². The number of hydrazine groups is 1. The maximum Gasteiger partial charge on any atom is 0.376 e. The van der Waals surface area contributed by atoms with E-state index in [1.807, 2.05) is 12.3 Å². The van der Waals surface area contributed by atoms with Crippen LogP contribution in [-0.4, -0.2) is 136 Å². The maximum absolute atomic E-state index is 13.9. The molecular formula is C68H76Cl2F5N21O8S. The number of rotatable bonds is 24. The Kier molecular flexibility index (Phi) is 36.8. The second-order valence-corrected chi connectivity index (χ2v) is 22.3. The number of nitrogen functional groups attached to an aromatic ring is 2. The molecule has 29 nitrogen and oxygen atoms in total. The fraction of sp³-hybridized carbons (Fsp3) is 0.235. The van der Waals surface area contributed by atoms with Crippen molar-refractivity contribution in [3.63, 3.8) is 0 Å². The van der Waals surface area contributed by atoms with Gasteiger partial charge in [0.05, 0.1) is 52.6 Å². The molecule has 10 N–H and O–H groups in total. The minimum Gasteiger partial charge on any atom is -0.465 e. The summed E-state index contributed by atoms with van der Waals surface area (Å²) in [5.74, 6) is 3.99. The third-order valence-electron chi connectivity index (χ3n) is 12.8. The Bertz CT molecular complexity index is 4540. The van der Waals surface area contributed by atoms with Crippen LogP contribution in [0.15, 0.2) is 187 Å². The van der Waals surface area contributed by atoms with Gasteiger partial charge < -0.3 is 46.3 Å². The lowest BCUT2D eigenvalue weighted by Gasteiger charge is -2.03. The van der Waals surface area contributed by atoms with Crippen molar-refractivity contribution in [1.82, 2.24) is 79.5 Å². The van der Waals surface area contributed by atoms with Crippen LogP contribution in [0.4, 0.5) is 33.8 Å². The summed E-state index contributed by atoms with van der Waals surface area (Å²) in [6.07, 6.45) is 12.9. The normalized spacial score (nSPS) is 10.8. The molecule has 0 aliphatic rings. The first-order valence-corrected chi connectivity index (χ1v) is 33.4. The van der Waals surface area contributed by atoms with E-state index in [4.69, 9.17) is 45.2 Å². The number of hydrazone groups is 2. The predicted octanol–water partition coefficient (Wildman–Crippen LogP) is 9.78. The number of hydrogen-bond donors (Lipinski definition) is 7. The van der Waals surface area contributed by atoms with Gasteiger partial charge >= 0.3 is 23.9 Å². The quantitative estimate of drug-likeness (QED) is 0.00340. The first-order valence-electron chi connectivity index (χ1n) is 31.6. The number of nitrogens with zero attached hydrogens (tertiary/aromatic N) is 14. The summed E-state index contributed by atoms with van der Waals surface area (Å²) in [5, 5.41) is 15.9. The third-order valence-corrected chi connectivity index (χ3v) is 14.1. The summed E-state index contributed by atoms with van der Waals surface area (Å²) in [6, 6.07) is 32.0. The van der Waals surface area contributed by atoms with Gasteiger partial charge in [0.25, 0.3) is 0 Å². The van der Waals surface area contributed by atoms with Gasteiger partial charge in [0.15, 0.2) is 5.16 Å². The highest BCUT2D eigenvalue weighted by Gasteiger charge is 2.21. The molecule has 37 heteroatoms. The summed E-state index contributed by atoms with van der Waals surface area (Å²) in [4.78, 5) is 71.4. The number of nitrogens with two attached hydrogens (primary N) is 3. The fourth-order valence-electron chi connectivity index (χ4n) is 8.10. The summed E-state index contributed by atoms with van der Waals surface area (Å²) >= 11 is 12.5. The van der Waals surface area contributed by atoms with Crippen molar-refractivity contribution in [2.75, 3.05) is 43.6 Å². The average Bonchev–Trinajstić information content (AvgIpc) is 1.63. The number of ether oxygens (including phenoxy) is 4. The fourth-order valence-corrected chi connectivity index (χ4v) is 8.84. The number of thioether (sulfide) groups is 1. The molecule has 0 aliphatic heterocycles. The largest absolute Gasteiger partial charge is 0.465 e. The number of fused-ring (bicyclic) bond motifs is 2. The van der Waals surface area contributed by atoms with E-state index in [0.29, 0.717) is 65.0 Å². The molecule has 0 fully saturated rings. The molecule has 11 rings (SSSR count). The highest BCUT2D eigenvalue weighted by molar-refractivity contribution is 7.99. The number of esters is 4. The number of carbonyl (C=O) groups excluding carboxylic acids is 4. The SMILES string of the molecule is C=CCSc1ncc[nH]1.CCOC(=O)/C(Cl)=N/NCc1ccccc1F.CCOC(=O)/C=N/NCc1ccccc1F.CCOC(=O)C(C)Cl.CCOC(=O)c1nn(Cc2ccccc2F)c2nccn12.NNCc1ccccc1F.Nc1nc(N)nc(-c2nn(Cc3ccccc3F)c3nccn23)n1. The molecule has 0 saturated carbocycles. The number of carbonyl (C=O) groups is 4. The van der Waals surface area contributed by atoms with Gasteiger partial charge in [0.1, 0.15) is 40.7 Å². The number of anilines is 2. The van der Waals surface area contributed by atoms with Crippen LogP contribution in [-0.2, 0) is 66.1 Å². The van der Waals surface area contributed by atoms with E-state index in [9.17, 15) is 41.1 Å². The molecule has 0 saturated heterocycles. The minimum atomic E-state index is -0.713. The second kappa shape index (κ2) is 46.1. The highest BCUT2D eigenvalue weighted by atomic mass is 35.5. The predicted molar refractivity (Wildman–Crippen MR) is 387 cm³/mol. The lowest BCUT2D eigenvalue weighted by atomic mass is 10.2. The number of aromatic nitrogens is 13. The molecular weight excluding hydrogens is 1440 g/mol. The zero-order valence-electron chi connectivity index (χ0n) is 57.3. The second-order valence-electron chi connectivity index (χ2n) is 20.3. The van der Waals surface area contributed by atoms with Crippen molar-refractivity contribution >= 4 is 93.7 Å². The van der Waals surface area contributed by atoms with Crippen LogP contribution in [0.5, 0.6) is 0 Å². The number of alkyl halides is 1. The Morgan fingerprint density at radius 1 is 0.619 bits per heavy atom. The molecule has 1 unspecified atom stereocenters. The smallest absolute Gasteiger partial charge is 0.376 e. The van der Waals surface area contributed by atoms with Gasteiger partial charge in [0, 0.05) is 77.3 Å². The molecule has 0 spiro atoms. The Morgan fingerprint density at radius 2 is 1.09 bits per heavy atom. The molecule has 6 aromatic heterocycles. The van der Waals surface area contributed by atoms with Crippen molar-refractivity contribution in [3.8, 4) is 11.6 Å². The first kappa shape index (κ1) is 84.0. The van der Waals surface area contributed by atoms with Crippen LogP contribution in [0.2, 0.25) is 0 Å². The summed E-state index contributed by atoms with van der Waals surface area (Å²) in [5.41, 5.74) is 21.1. The molecule has 556 valence electrons. The van der Waals surface area contributed by atoms with E-state index < -0.39 is 23.3 Å². The molecule has 0 bridgehead atoms. The number of H-pyrrole nitrogens is 1. The molecule has 105 heavy (non-hydrogen) atoms. The van der Waals surface area contributed by atoms with Crippen LogP contribution < -0.4 is 33.6 Å². The van der Waals surface area contributed by atoms with E-state index in [-0.39, 0.29) is 103 Å². The van der Waals surface area contributed by atoms with E-state index in [2.05, 4.69) is 92.4 Å². The van der Waals surface area contributed by atoms with Crippen LogP contribution in [0.1, 0.15) is 73.1 Å². The lowest BCUT2D eigenvalue weighted by molar-refractivity contribution is -0.142. The summed E-state index contributed by atoms with van der Waals surface area (Å²) in [6.45, 7) is 14.3. The van der Waals surface area contributed by atoms with E-state index in [1.165, 1.54) is 39.4 Å². The number of nitrogens with one attached hydrogen (secondary N) is 4. The highest BCUT2D eigenvalue weighted by Crippen LogP contribution is 2.20. The van der Waals surface area contributed by atoms with E-state index >= 15 is 0 Å². The van der Waals surface area contributed by atoms with Crippen LogP contribution in [0.25, 0.3) is 23.2 Å². The van der Waals surface area contributed by atoms with Crippen molar-refractivity contribution in [2.24, 2.45) is 16.0 Å².